The molecule has 3 aromatic carbocycles. The number of hydrogen-bond donors (Lipinski definition) is 0. The molecule has 1 aliphatic heterocycles. The summed E-state index contributed by atoms with van der Waals surface area (Å²) in [6, 6.07) is 16.8. The van der Waals surface area contributed by atoms with Crippen LogP contribution < -0.4 is 15.0 Å². The van der Waals surface area contributed by atoms with Gasteiger partial charge in [0, 0.05) is 11.6 Å². The molecule has 0 spiro atoms. The molecule has 0 radical (unpaired) electrons. The summed E-state index contributed by atoms with van der Waals surface area (Å²) in [7, 11) is 0. The van der Waals surface area contributed by atoms with Crippen LogP contribution in [0, 0.1) is 12.7 Å². The summed E-state index contributed by atoms with van der Waals surface area (Å²) >= 11 is 1.26. The largest absolute Gasteiger partial charge is 0.454 e. The highest BCUT2D eigenvalue weighted by Gasteiger charge is 2.20. The Morgan fingerprint density at radius 3 is 2.51 bits per heavy atom. The van der Waals surface area contributed by atoms with Gasteiger partial charge >= 0.3 is 0 Å². The van der Waals surface area contributed by atoms with Gasteiger partial charge in [-0.25, -0.2) is 9.37 Å². The zero-order valence-electron chi connectivity index (χ0n) is 18.4. The molecule has 0 bridgehead atoms. The highest BCUT2D eigenvalue weighted by atomic mass is 32.2. The van der Waals surface area contributed by atoms with Crippen molar-refractivity contribution in [2.24, 2.45) is 0 Å². The van der Waals surface area contributed by atoms with E-state index >= 15 is 0 Å². The smallest absolute Gasteiger partial charge is 0.266 e. The Morgan fingerprint density at radius 2 is 1.74 bits per heavy atom. The van der Waals surface area contributed by atoms with Crippen LogP contribution in [0.4, 0.5) is 4.39 Å². The average molecular weight is 489 g/mol. The number of fused-ring (bicyclic) bond motifs is 2. The van der Waals surface area contributed by atoms with Crippen molar-refractivity contribution in [2.75, 3.05) is 6.79 Å². The number of ether oxygens (including phenoxy) is 2. The Balaban J connectivity index is 1.39. The van der Waals surface area contributed by atoms with Gasteiger partial charge in [0.05, 0.1) is 22.3 Å². The molecule has 35 heavy (non-hydrogen) atoms. The van der Waals surface area contributed by atoms with E-state index in [2.05, 4.69) is 10.1 Å². The van der Waals surface area contributed by atoms with Crippen LogP contribution in [0.3, 0.4) is 0 Å². The highest BCUT2D eigenvalue weighted by molar-refractivity contribution is 7.98. The molecule has 10 heteroatoms. The van der Waals surface area contributed by atoms with E-state index in [9.17, 15) is 9.18 Å². The maximum Gasteiger partial charge on any atom is 0.266 e. The lowest BCUT2D eigenvalue weighted by Crippen LogP contribution is -2.21. The molecule has 2 aromatic heterocycles. The molecule has 0 saturated heterocycles. The van der Waals surface area contributed by atoms with Crippen molar-refractivity contribution in [3.8, 4) is 28.6 Å². The van der Waals surface area contributed by atoms with E-state index in [4.69, 9.17) is 19.0 Å². The minimum absolute atomic E-state index is 0.0832. The van der Waals surface area contributed by atoms with Gasteiger partial charge in [-0.3, -0.25) is 9.36 Å². The molecule has 0 amide bonds. The monoisotopic (exact) mass is 488 g/mol. The minimum Gasteiger partial charge on any atom is -0.454 e. The topological polar surface area (TPSA) is 92.3 Å². The summed E-state index contributed by atoms with van der Waals surface area (Å²) in [4.78, 5) is 22.7. The van der Waals surface area contributed by atoms with E-state index in [-0.39, 0.29) is 18.1 Å². The lowest BCUT2D eigenvalue weighted by Gasteiger charge is -2.13. The fourth-order valence-corrected chi connectivity index (χ4v) is 4.58. The summed E-state index contributed by atoms with van der Waals surface area (Å²) in [5.74, 6) is 1.76. The van der Waals surface area contributed by atoms with E-state index in [0.717, 1.165) is 11.1 Å². The SMILES string of the molecule is Cc1ccc(-c2noc(CSc3nc4cc5c(cc4c(=O)n3-c3ccc(F)cc3)OCO5)n2)cc1. The van der Waals surface area contributed by atoms with Crippen LogP contribution >= 0.6 is 11.8 Å². The summed E-state index contributed by atoms with van der Waals surface area (Å²) in [6.45, 7) is 2.09. The van der Waals surface area contributed by atoms with Crippen molar-refractivity contribution in [3.63, 3.8) is 0 Å². The third-order valence-corrected chi connectivity index (χ3v) is 6.44. The first kappa shape index (κ1) is 21.4. The van der Waals surface area contributed by atoms with E-state index in [1.807, 2.05) is 31.2 Å². The molecule has 1 aliphatic rings. The standard InChI is InChI=1S/C25H17FN4O4S/c1-14-2-4-15(5-3-14)23-28-22(34-29-23)12-35-25-27-19-11-21-20(32-13-33-21)10-18(19)24(31)30(25)17-8-6-16(26)7-9-17/h2-11H,12-13H2,1H3. The molecule has 0 aliphatic carbocycles. The molecule has 0 atom stereocenters. The van der Waals surface area contributed by atoms with Crippen LogP contribution in [0.2, 0.25) is 0 Å². The van der Waals surface area contributed by atoms with Crippen LogP contribution in [-0.2, 0) is 5.75 Å². The number of aryl methyl sites for hydroxylation is 1. The van der Waals surface area contributed by atoms with Crippen LogP contribution in [0.1, 0.15) is 11.5 Å². The van der Waals surface area contributed by atoms with Gasteiger partial charge in [0.1, 0.15) is 5.82 Å². The van der Waals surface area contributed by atoms with Crippen molar-refractivity contribution < 1.29 is 18.4 Å². The van der Waals surface area contributed by atoms with Crippen LogP contribution in [0.15, 0.2) is 75.1 Å². The normalized spacial score (nSPS) is 12.4. The first-order valence-corrected chi connectivity index (χ1v) is 11.7. The summed E-state index contributed by atoms with van der Waals surface area (Å²) in [6.07, 6.45) is 0. The van der Waals surface area contributed by atoms with Gasteiger partial charge < -0.3 is 14.0 Å². The number of nitrogens with zero attached hydrogens (tertiary/aromatic N) is 4. The van der Waals surface area contributed by atoms with Gasteiger partial charge in [-0.2, -0.15) is 4.98 Å². The minimum atomic E-state index is -0.400. The van der Waals surface area contributed by atoms with E-state index in [1.54, 1.807) is 12.1 Å². The van der Waals surface area contributed by atoms with E-state index < -0.39 is 5.82 Å². The van der Waals surface area contributed by atoms with E-state index in [1.165, 1.54) is 40.6 Å². The van der Waals surface area contributed by atoms with E-state index in [0.29, 0.717) is 45.0 Å². The number of halogens is 1. The molecule has 0 unspecified atom stereocenters. The van der Waals surface area contributed by atoms with Crippen molar-refractivity contribution >= 4 is 22.7 Å². The second kappa shape index (κ2) is 8.55. The predicted octanol–water partition coefficient (Wildman–Crippen LogP) is 4.90. The molecule has 8 nitrogen and oxygen atoms in total. The number of rotatable bonds is 5. The maximum atomic E-state index is 13.6. The first-order chi connectivity index (χ1) is 17.0. The number of hydrogen-bond acceptors (Lipinski definition) is 8. The van der Waals surface area contributed by atoms with Gasteiger partial charge in [-0.1, -0.05) is 46.7 Å². The number of thioether (sulfide) groups is 1. The molecule has 174 valence electrons. The van der Waals surface area contributed by atoms with Crippen LogP contribution in [-0.4, -0.2) is 26.5 Å². The lowest BCUT2D eigenvalue weighted by molar-refractivity contribution is 0.174. The predicted molar refractivity (Wildman–Crippen MR) is 127 cm³/mol. The Labute approximate surface area is 202 Å². The number of benzene rings is 3. The average Bonchev–Trinajstić information content (AvgIpc) is 3.52. The lowest BCUT2D eigenvalue weighted by atomic mass is 10.1. The zero-order valence-corrected chi connectivity index (χ0v) is 19.2. The summed E-state index contributed by atoms with van der Waals surface area (Å²) in [5.41, 5.74) is 2.62. The van der Waals surface area contributed by atoms with Gasteiger partial charge in [0.2, 0.25) is 18.5 Å². The second-order valence-electron chi connectivity index (χ2n) is 7.90. The molecular formula is C25H17FN4O4S. The molecule has 0 N–H and O–H groups in total. The molecule has 5 aromatic rings. The third kappa shape index (κ3) is 4.01. The molecular weight excluding hydrogens is 471 g/mol. The summed E-state index contributed by atoms with van der Waals surface area (Å²) < 4.78 is 31.3. The van der Waals surface area contributed by atoms with Crippen LogP contribution in [0.25, 0.3) is 28.0 Å². The molecule has 0 saturated carbocycles. The van der Waals surface area contributed by atoms with Gasteiger partial charge in [-0.05, 0) is 37.3 Å². The zero-order chi connectivity index (χ0) is 23.9. The fraction of sp³-hybridized carbons (Fsp3) is 0.120. The Hall–Kier alpha value is -4.18. The fourth-order valence-electron chi connectivity index (χ4n) is 3.73. The third-order valence-electron chi connectivity index (χ3n) is 5.52. The first-order valence-electron chi connectivity index (χ1n) is 10.7. The van der Waals surface area contributed by atoms with Crippen molar-refractivity contribution in [3.05, 3.63) is 88.3 Å². The molecule has 6 rings (SSSR count). The highest BCUT2D eigenvalue weighted by Crippen LogP contribution is 2.35. The second-order valence-corrected chi connectivity index (χ2v) is 8.84. The number of aromatic nitrogens is 4. The Bertz CT molecular complexity index is 1610. The van der Waals surface area contributed by atoms with Crippen molar-refractivity contribution in [2.45, 2.75) is 17.8 Å². The van der Waals surface area contributed by atoms with Gasteiger partial charge in [-0.15, -0.1) is 0 Å². The van der Waals surface area contributed by atoms with Gasteiger partial charge in [0.25, 0.3) is 5.56 Å². The quantitative estimate of drug-likeness (QED) is 0.255. The maximum absolute atomic E-state index is 13.6. The van der Waals surface area contributed by atoms with Gasteiger partial charge in [0.15, 0.2) is 16.7 Å². The Morgan fingerprint density at radius 1 is 1.00 bits per heavy atom. The van der Waals surface area contributed by atoms with Crippen molar-refractivity contribution in [1.82, 2.24) is 19.7 Å². The van der Waals surface area contributed by atoms with Crippen molar-refractivity contribution in [1.29, 1.82) is 0 Å². The molecule has 3 heterocycles. The van der Waals surface area contributed by atoms with Crippen LogP contribution in [0.5, 0.6) is 11.5 Å². The molecule has 0 fully saturated rings. The summed E-state index contributed by atoms with van der Waals surface area (Å²) in [5, 5.41) is 4.82. The Kier molecular flexibility index (Phi) is 5.22.